The van der Waals surface area contributed by atoms with Gasteiger partial charge in [-0.1, -0.05) is 29.3 Å². The minimum Gasteiger partial charge on any atom is -0.490 e. The number of furan rings is 1. The third kappa shape index (κ3) is 4.69. The zero-order valence-electron chi connectivity index (χ0n) is 16.6. The molecule has 32 heavy (non-hydrogen) atoms. The molecule has 0 fully saturated rings. The van der Waals surface area contributed by atoms with E-state index in [4.69, 9.17) is 41.8 Å². The molecule has 0 saturated carbocycles. The highest BCUT2D eigenvalue weighted by atomic mass is 35.5. The lowest BCUT2D eigenvalue weighted by atomic mass is 10.1. The summed E-state index contributed by atoms with van der Waals surface area (Å²) in [4.78, 5) is 28.7. The van der Waals surface area contributed by atoms with Gasteiger partial charge in [-0.15, -0.1) is 0 Å². The maximum atomic E-state index is 12.3. The Balaban J connectivity index is 1.61. The molecule has 0 saturated heterocycles. The zero-order chi connectivity index (χ0) is 22.7. The quantitative estimate of drug-likeness (QED) is 0.266. The van der Waals surface area contributed by atoms with Crippen LogP contribution in [-0.4, -0.2) is 24.4 Å². The summed E-state index contributed by atoms with van der Waals surface area (Å²) in [7, 11) is 0. The number of ether oxygens (including phenoxy) is 3. The van der Waals surface area contributed by atoms with Gasteiger partial charge in [0.05, 0.1) is 23.5 Å². The molecule has 1 aromatic heterocycles. The molecule has 0 amide bonds. The molecule has 0 aliphatic carbocycles. The number of benzene rings is 2. The van der Waals surface area contributed by atoms with E-state index in [1.54, 1.807) is 43.3 Å². The SMILES string of the molecule is CCOc1cc(C=C2N=C(c3ccc(Cl)cc3Cl)OC2=O)ccc1OC(=O)c1ccco1. The summed E-state index contributed by atoms with van der Waals surface area (Å²) in [6.07, 6.45) is 2.90. The van der Waals surface area contributed by atoms with E-state index < -0.39 is 11.9 Å². The van der Waals surface area contributed by atoms with Crippen molar-refractivity contribution in [3.8, 4) is 11.5 Å². The minimum atomic E-state index is -0.657. The van der Waals surface area contributed by atoms with Crippen LogP contribution < -0.4 is 9.47 Å². The Morgan fingerprint density at radius 2 is 1.97 bits per heavy atom. The van der Waals surface area contributed by atoms with Gasteiger partial charge in [-0.05, 0) is 61.0 Å². The van der Waals surface area contributed by atoms with Crippen LogP contribution in [0.1, 0.15) is 28.6 Å². The van der Waals surface area contributed by atoms with Crippen LogP contribution in [-0.2, 0) is 9.53 Å². The largest absolute Gasteiger partial charge is 0.490 e. The highest BCUT2D eigenvalue weighted by molar-refractivity contribution is 6.37. The molecular weight excluding hydrogens is 457 g/mol. The van der Waals surface area contributed by atoms with Crippen LogP contribution in [0.3, 0.4) is 0 Å². The number of halogens is 2. The third-order valence-electron chi connectivity index (χ3n) is 4.28. The van der Waals surface area contributed by atoms with Gasteiger partial charge in [0, 0.05) is 5.02 Å². The second-order valence-electron chi connectivity index (χ2n) is 6.47. The van der Waals surface area contributed by atoms with Crippen LogP contribution in [0.5, 0.6) is 11.5 Å². The summed E-state index contributed by atoms with van der Waals surface area (Å²) in [5, 5.41) is 0.766. The van der Waals surface area contributed by atoms with Crippen molar-refractivity contribution in [2.75, 3.05) is 6.61 Å². The number of esters is 2. The Morgan fingerprint density at radius 1 is 1.12 bits per heavy atom. The summed E-state index contributed by atoms with van der Waals surface area (Å²) in [5.74, 6) is -0.612. The summed E-state index contributed by atoms with van der Waals surface area (Å²) in [6.45, 7) is 2.13. The standard InChI is InChI=1S/C23H15Cl2NO6/c1-2-29-20-11-13(5-8-18(20)31-23(28)19-4-3-9-30-19)10-17-22(27)32-21(26-17)15-7-6-14(24)12-16(15)25/h3-12H,2H2,1H3. The van der Waals surface area contributed by atoms with Crippen LogP contribution >= 0.6 is 23.2 Å². The molecule has 0 unspecified atom stereocenters. The summed E-state index contributed by atoms with van der Waals surface area (Å²) in [6, 6.07) is 12.7. The lowest BCUT2D eigenvalue weighted by Gasteiger charge is -2.10. The topological polar surface area (TPSA) is 87.3 Å². The van der Waals surface area contributed by atoms with E-state index in [9.17, 15) is 9.59 Å². The predicted molar refractivity (Wildman–Crippen MR) is 118 cm³/mol. The van der Waals surface area contributed by atoms with Gasteiger partial charge >= 0.3 is 11.9 Å². The van der Waals surface area contributed by atoms with E-state index >= 15 is 0 Å². The van der Waals surface area contributed by atoms with Crippen molar-refractivity contribution in [1.29, 1.82) is 0 Å². The molecule has 0 spiro atoms. The molecular formula is C23H15Cl2NO6. The molecule has 0 radical (unpaired) electrons. The molecule has 2 aromatic carbocycles. The Labute approximate surface area is 192 Å². The van der Waals surface area contributed by atoms with Crippen molar-refractivity contribution >= 4 is 47.1 Å². The lowest BCUT2D eigenvalue weighted by molar-refractivity contribution is -0.129. The first-order valence-corrected chi connectivity index (χ1v) is 10.2. The van der Waals surface area contributed by atoms with Crippen molar-refractivity contribution in [1.82, 2.24) is 0 Å². The monoisotopic (exact) mass is 471 g/mol. The molecule has 1 aliphatic rings. The average Bonchev–Trinajstić information content (AvgIpc) is 3.41. The minimum absolute atomic E-state index is 0.0649. The highest BCUT2D eigenvalue weighted by Gasteiger charge is 2.26. The molecule has 0 atom stereocenters. The molecule has 0 bridgehead atoms. The lowest BCUT2D eigenvalue weighted by Crippen LogP contribution is -2.08. The first-order chi connectivity index (χ1) is 15.4. The van der Waals surface area contributed by atoms with Gasteiger partial charge in [0.15, 0.2) is 17.2 Å². The number of nitrogens with zero attached hydrogens (tertiary/aromatic N) is 1. The fourth-order valence-corrected chi connectivity index (χ4v) is 3.35. The van der Waals surface area contributed by atoms with Gasteiger partial charge in [-0.2, -0.15) is 0 Å². The van der Waals surface area contributed by atoms with Crippen molar-refractivity contribution < 1.29 is 28.2 Å². The molecule has 2 heterocycles. The second kappa shape index (κ2) is 9.30. The Bertz CT molecular complexity index is 1250. The van der Waals surface area contributed by atoms with E-state index in [0.717, 1.165) is 0 Å². The molecule has 3 aromatic rings. The molecule has 9 heteroatoms. The smallest absolute Gasteiger partial charge is 0.379 e. The first kappa shape index (κ1) is 21.7. The average molecular weight is 472 g/mol. The van der Waals surface area contributed by atoms with Gasteiger partial charge in [0.25, 0.3) is 0 Å². The van der Waals surface area contributed by atoms with Gasteiger partial charge < -0.3 is 18.6 Å². The zero-order valence-corrected chi connectivity index (χ0v) is 18.1. The van der Waals surface area contributed by atoms with E-state index in [2.05, 4.69) is 4.99 Å². The van der Waals surface area contributed by atoms with E-state index in [1.165, 1.54) is 24.5 Å². The number of carbonyl (C=O) groups excluding carboxylic acids is 2. The highest BCUT2D eigenvalue weighted by Crippen LogP contribution is 2.31. The Kier molecular flexibility index (Phi) is 6.30. The van der Waals surface area contributed by atoms with Crippen LogP contribution in [0.2, 0.25) is 10.0 Å². The van der Waals surface area contributed by atoms with Gasteiger partial charge in [0.2, 0.25) is 11.7 Å². The summed E-state index contributed by atoms with van der Waals surface area (Å²) < 4.78 is 21.2. The number of hydrogen-bond acceptors (Lipinski definition) is 7. The van der Waals surface area contributed by atoms with E-state index in [0.29, 0.717) is 33.5 Å². The predicted octanol–water partition coefficient (Wildman–Crippen LogP) is 5.55. The number of cyclic esters (lactones) is 1. The van der Waals surface area contributed by atoms with Crippen molar-refractivity contribution in [3.63, 3.8) is 0 Å². The van der Waals surface area contributed by atoms with Gasteiger partial charge in [0.1, 0.15) is 0 Å². The Morgan fingerprint density at radius 3 is 2.69 bits per heavy atom. The molecule has 162 valence electrons. The maximum Gasteiger partial charge on any atom is 0.379 e. The second-order valence-corrected chi connectivity index (χ2v) is 7.31. The third-order valence-corrected chi connectivity index (χ3v) is 4.83. The normalized spacial score (nSPS) is 14.3. The van der Waals surface area contributed by atoms with Crippen LogP contribution in [0.25, 0.3) is 6.08 Å². The fraction of sp³-hybridized carbons (Fsp3) is 0.0870. The Hall–Kier alpha value is -3.55. The first-order valence-electron chi connectivity index (χ1n) is 9.45. The molecule has 7 nitrogen and oxygen atoms in total. The van der Waals surface area contributed by atoms with Crippen LogP contribution in [0.15, 0.2) is 69.9 Å². The van der Waals surface area contributed by atoms with E-state index in [-0.39, 0.29) is 23.1 Å². The van der Waals surface area contributed by atoms with Gasteiger partial charge in [-0.25, -0.2) is 14.6 Å². The van der Waals surface area contributed by atoms with Crippen LogP contribution in [0.4, 0.5) is 0 Å². The summed E-state index contributed by atoms with van der Waals surface area (Å²) in [5.41, 5.74) is 1.11. The maximum absolute atomic E-state index is 12.3. The molecule has 4 rings (SSSR count). The van der Waals surface area contributed by atoms with Crippen LogP contribution in [0, 0.1) is 0 Å². The molecule has 0 N–H and O–H groups in total. The van der Waals surface area contributed by atoms with E-state index in [1.807, 2.05) is 0 Å². The summed E-state index contributed by atoms with van der Waals surface area (Å²) >= 11 is 12.1. The van der Waals surface area contributed by atoms with Crippen molar-refractivity contribution in [2.45, 2.75) is 6.92 Å². The number of carbonyl (C=O) groups is 2. The number of hydrogen-bond donors (Lipinski definition) is 0. The number of aliphatic imine (C=N–C) groups is 1. The van der Waals surface area contributed by atoms with Crippen molar-refractivity contribution in [3.05, 3.63) is 87.4 Å². The fourth-order valence-electron chi connectivity index (χ4n) is 2.86. The number of rotatable bonds is 6. The van der Waals surface area contributed by atoms with Gasteiger partial charge in [-0.3, -0.25) is 0 Å². The van der Waals surface area contributed by atoms with Crippen molar-refractivity contribution in [2.24, 2.45) is 4.99 Å². The molecule has 1 aliphatic heterocycles.